The summed E-state index contributed by atoms with van der Waals surface area (Å²) in [6.07, 6.45) is 1.27. The minimum atomic E-state index is 0.698. The number of halogens is 2. The standard InChI is InChI=1S/C9H8BrCl/c10-9-5-8(9)6-1-3-7(11)4-2-6/h1-4,8-9H,5H2/t8-,9-/m0/s1. The summed E-state index contributed by atoms with van der Waals surface area (Å²) >= 11 is 9.33. The van der Waals surface area contributed by atoms with Crippen LogP contribution in [0.3, 0.4) is 0 Å². The van der Waals surface area contributed by atoms with Crippen molar-refractivity contribution in [1.29, 1.82) is 0 Å². The lowest BCUT2D eigenvalue weighted by molar-refractivity contribution is 1.14. The smallest absolute Gasteiger partial charge is 0.0406 e. The van der Waals surface area contributed by atoms with Gasteiger partial charge in [0.25, 0.3) is 0 Å². The van der Waals surface area contributed by atoms with Crippen molar-refractivity contribution in [1.82, 2.24) is 0 Å². The second kappa shape index (κ2) is 2.80. The molecule has 0 bridgehead atoms. The Hall–Kier alpha value is -0.0100. The van der Waals surface area contributed by atoms with Gasteiger partial charge in [-0.2, -0.15) is 0 Å². The maximum Gasteiger partial charge on any atom is 0.0406 e. The first-order valence-corrected chi connectivity index (χ1v) is 4.96. The minimum absolute atomic E-state index is 0.698. The molecule has 0 saturated heterocycles. The van der Waals surface area contributed by atoms with Crippen molar-refractivity contribution in [2.75, 3.05) is 0 Å². The highest BCUT2D eigenvalue weighted by Gasteiger charge is 2.35. The molecule has 2 heteroatoms. The number of benzene rings is 1. The highest BCUT2D eigenvalue weighted by Crippen LogP contribution is 2.46. The predicted molar refractivity (Wildman–Crippen MR) is 51.5 cm³/mol. The fourth-order valence-corrected chi connectivity index (χ4v) is 2.05. The highest BCUT2D eigenvalue weighted by molar-refractivity contribution is 9.09. The third-order valence-electron chi connectivity index (χ3n) is 2.01. The third kappa shape index (κ3) is 1.60. The molecule has 0 radical (unpaired) electrons. The molecule has 1 aromatic rings. The van der Waals surface area contributed by atoms with Gasteiger partial charge in [-0.15, -0.1) is 0 Å². The summed E-state index contributed by atoms with van der Waals surface area (Å²) in [5.74, 6) is 0.729. The van der Waals surface area contributed by atoms with Gasteiger partial charge in [-0.25, -0.2) is 0 Å². The van der Waals surface area contributed by atoms with E-state index in [0.717, 1.165) is 10.9 Å². The molecule has 1 fully saturated rings. The fraction of sp³-hybridized carbons (Fsp3) is 0.333. The molecule has 1 saturated carbocycles. The van der Waals surface area contributed by atoms with Gasteiger partial charge >= 0.3 is 0 Å². The molecule has 58 valence electrons. The van der Waals surface area contributed by atoms with Crippen LogP contribution in [0.4, 0.5) is 0 Å². The van der Waals surface area contributed by atoms with Gasteiger partial charge in [-0.05, 0) is 30.0 Å². The SMILES string of the molecule is Clc1ccc([C@@H]2C[C@@H]2Br)cc1. The quantitative estimate of drug-likeness (QED) is 0.648. The fourth-order valence-electron chi connectivity index (χ4n) is 1.22. The second-order valence-electron chi connectivity index (χ2n) is 2.91. The molecule has 0 spiro atoms. The topological polar surface area (TPSA) is 0 Å². The predicted octanol–water partition coefficient (Wildman–Crippen LogP) is 3.59. The average molecular weight is 232 g/mol. The van der Waals surface area contributed by atoms with E-state index in [-0.39, 0.29) is 0 Å². The lowest BCUT2D eigenvalue weighted by Gasteiger charge is -1.96. The molecule has 0 heterocycles. The van der Waals surface area contributed by atoms with Crippen molar-refractivity contribution in [3.8, 4) is 0 Å². The molecule has 2 rings (SSSR count). The van der Waals surface area contributed by atoms with Crippen molar-refractivity contribution in [3.63, 3.8) is 0 Å². The zero-order valence-electron chi connectivity index (χ0n) is 5.93. The molecular weight excluding hydrogens is 223 g/mol. The summed E-state index contributed by atoms with van der Waals surface area (Å²) in [4.78, 5) is 0.698. The van der Waals surface area contributed by atoms with Crippen LogP contribution in [0.5, 0.6) is 0 Å². The Balaban J connectivity index is 2.21. The zero-order chi connectivity index (χ0) is 7.84. The molecular formula is C9H8BrCl. The first kappa shape index (κ1) is 7.63. The van der Waals surface area contributed by atoms with Gasteiger partial charge in [0, 0.05) is 9.85 Å². The second-order valence-corrected chi connectivity index (χ2v) is 4.52. The molecule has 0 amide bonds. The van der Waals surface area contributed by atoms with Gasteiger partial charge in [0.2, 0.25) is 0 Å². The van der Waals surface area contributed by atoms with E-state index >= 15 is 0 Å². The van der Waals surface area contributed by atoms with E-state index in [9.17, 15) is 0 Å². The first-order chi connectivity index (χ1) is 5.27. The lowest BCUT2D eigenvalue weighted by atomic mass is 10.1. The molecule has 1 aliphatic carbocycles. The van der Waals surface area contributed by atoms with E-state index in [0.29, 0.717) is 4.83 Å². The van der Waals surface area contributed by atoms with E-state index in [1.165, 1.54) is 12.0 Å². The number of hydrogen-bond acceptors (Lipinski definition) is 0. The van der Waals surface area contributed by atoms with E-state index < -0.39 is 0 Å². The Bertz CT molecular complexity index is 255. The van der Waals surface area contributed by atoms with Crippen LogP contribution in [0.25, 0.3) is 0 Å². The lowest BCUT2D eigenvalue weighted by Crippen LogP contribution is -1.79. The normalized spacial score (nSPS) is 28.5. The molecule has 0 aliphatic heterocycles. The molecule has 0 aromatic heterocycles. The summed E-state index contributed by atoms with van der Waals surface area (Å²) < 4.78 is 0. The first-order valence-electron chi connectivity index (χ1n) is 3.67. The van der Waals surface area contributed by atoms with Crippen LogP contribution < -0.4 is 0 Å². The van der Waals surface area contributed by atoms with Gasteiger partial charge in [0.1, 0.15) is 0 Å². The molecule has 2 atom stereocenters. The number of rotatable bonds is 1. The van der Waals surface area contributed by atoms with Crippen molar-refractivity contribution in [2.24, 2.45) is 0 Å². The van der Waals surface area contributed by atoms with Crippen LogP contribution >= 0.6 is 27.5 Å². The van der Waals surface area contributed by atoms with E-state index in [1.807, 2.05) is 12.1 Å². The zero-order valence-corrected chi connectivity index (χ0v) is 8.27. The summed E-state index contributed by atoms with van der Waals surface area (Å²) in [5, 5.41) is 0.820. The molecule has 0 unspecified atom stereocenters. The summed E-state index contributed by atoms with van der Waals surface area (Å²) in [5.41, 5.74) is 1.40. The van der Waals surface area contributed by atoms with Crippen LogP contribution in [-0.4, -0.2) is 4.83 Å². The van der Waals surface area contributed by atoms with Crippen LogP contribution in [0.2, 0.25) is 5.02 Å². The maximum absolute atomic E-state index is 5.76. The Morgan fingerprint density at radius 3 is 2.27 bits per heavy atom. The number of alkyl halides is 1. The van der Waals surface area contributed by atoms with E-state index in [2.05, 4.69) is 28.1 Å². The van der Waals surface area contributed by atoms with Crippen LogP contribution in [0, 0.1) is 0 Å². The third-order valence-corrected chi connectivity index (χ3v) is 3.27. The highest BCUT2D eigenvalue weighted by atomic mass is 79.9. The van der Waals surface area contributed by atoms with Gasteiger partial charge in [-0.3, -0.25) is 0 Å². The van der Waals surface area contributed by atoms with Crippen LogP contribution in [0.1, 0.15) is 17.9 Å². The van der Waals surface area contributed by atoms with Crippen molar-refractivity contribution >= 4 is 27.5 Å². The van der Waals surface area contributed by atoms with Gasteiger partial charge < -0.3 is 0 Å². The molecule has 1 aliphatic rings. The van der Waals surface area contributed by atoms with Gasteiger partial charge in [0.05, 0.1) is 0 Å². The maximum atomic E-state index is 5.76. The van der Waals surface area contributed by atoms with Gasteiger partial charge in [-0.1, -0.05) is 39.7 Å². The monoisotopic (exact) mass is 230 g/mol. The molecule has 0 nitrogen and oxygen atoms in total. The van der Waals surface area contributed by atoms with Gasteiger partial charge in [0.15, 0.2) is 0 Å². The molecule has 0 N–H and O–H groups in total. The van der Waals surface area contributed by atoms with E-state index in [4.69, 9.17) is 11.6 Å². The summed E-state index contributed by atoms with van der Waals surface area (Å²) in [7, 11) is 0. The number of hydrogen-bond donors (Lipinski definition) is 0. The Kier molecular flexibility index (Phi) is 1.94. The van der Waals surface area contributed by atoms with Crippen molar-refractivity contribution in [3.05, 3.63) is 34.9 Å². The Labute approximate surface area is 79.7 Å². The van der Waals surface area contributed by atoms with Crippen molar-refractivity contribution in [2.45, 2.75) is 17.2 Å². The Morgan fingerprint density at radius 2 is 1.82 bits per heavy atom. The minimum Gasteiger partial charge on any atom is -0.0884 e. The Morgan fingerprint density at radius 1 is 1.27 bits per heavy atom. The molecule has 11 heavy (non-hydrogen) atoms. The van der Waals surface area contributed by atoms with Crippen molar-refractivity contribution < 1.29 is 0 Å². The summed E-state index contributed by atoms with van der Waals surface area (Å²) in [6, 6.07) is 8.12. The van der Waals surface area contributed by atoms with E-state index in [1.54, 1.807) is 0 Å². The van der Waals surface area contributed by atoms with Crippen LogP contribution in [-0.2, 0) is 0 Å². The average Bonchev–Trinajstić information content (AvgIpc) is 2.69. The molecule has 1 aromatic carbocycles. The van der Waals surface area contributed by atoms with Crippen LogP contribution in [0.15, 0.2) is 24.3 Å². The summed E-state index contributed by atoms with van der Waals surface area (Å²) in [6.45, 7) is 0. The largest absolute Gasteiger partial charge is 0.0884 e.